The predicted octanol–water partition coefficient (Wildman–Crippen LogP) is 4.79. The number of aromatic nitrogens is 3. The van der Waals surface area contributed by atoms with Crippen LogP contribution >= 0.6 is 0 Å². The zero-order valence-corrected chi connectivity index (χ0v) is 22.4. The van der Waals surface area contributed by atoms with Crippen LogP contribution in [0.15, 0.2) is 36.7 Å². The van der Waals surface area contributed by atoms with Gasteiger partial charge < -0.3 is 15.4 Å². The Morgan fingerprint density at radius 2 is 1.95 bits per heavy atom. The zero-order chi connectivity index (χ0) is 28.5. The van der Waals surface area contributed by atoms with Crippen LogP contribution in [0.2, 0.25) is 0 Å². The predicted molar refractivity (Wildman–Crippen MR) is 141 cm³/mol. The topological polar surface area (TPSA) is 118 Å². The van der Waals surface area contributed by atoms with Crippen LogP contribution in [-0.2, 0) is 10.0 Å². The molecule has 1 aliphatic heterocycles. The lowest BCUT2D eigenvalue weighted by Gasteiger charge is -2.33. The maximum Gasteiger partial charge on any atom is 0.233 e. The Labute approximate surface area is 228 Å². The van der Waals surface area contributed by atoms with Crippen molar-refractivity contribution in [2.75, 3.05) is 28.9 Å². The fourth-order valence-corrected chi connectivity index (χ4v) is 6.24. The van der Waals surface area contributed by atoms with Gasteiger partial charge in [0.25, 0.3) is 0 Å². The zero-order valence-electron chi connectivity index (χ0n) is 21.6. The van der Waals surface area contributed by atoms with E-state index in [1.807, 2.05) is 4.72 Å². The van der Waals surface area contributed by atoms with Crippen LogP contribution in [0.25, 0.3) is 11.3 Å². The Hall–Kier alpha value is -3.52. The van der Waals surface area contributed by atoms with E-state index in [2.05, 4.69) is 25.6 Å². The molecular formula is C26H28F4N6O3S. The summed E-state index contributed by atoms with van der Waals surface area (Å²) in [5, 5.41) is 6.10. The molecule has 0 radical (unpaired) electrons. The number of anilines is 2. The molecule has 3 N–H and O–H groups in total. The summed E-state index contributed by atoms with van der Waals surface area (Å²) in [6.07, 6.45) is 5.34. The van der Waals surface area contributed by atoms with Crippen LogP contribution in [0, 0.1) is 23.4 Å². The number of hydrogen-bond acceptors (Lipinski definition) is 8. The van der Waals surface area contributed by atoms with Gasteiger partial charge in [-0.2, -0.15) is 4.39 Å². The number of nitrogens with zero attached hydrogens (tertiary/aromatic N) is 3. The molecule has 2 fully saturated rings. The highest BCUT2D eigenvalue weighted by Gasteiger charge is 2.32. The van der Waals surface area contributed by atoms with Gasteiger partial charge in [0.05, 0.1) is 17.0 Å². The second kappa shape index (κ2) is 11.2. The number of sulfonamides is 1. The molecule has 40 heavy (non-hydrogen) atoms. The van der Waals surface area contributed by atoms with E-state index in [0.29, 0.717) is 31.1 Å². The van der Waals surface area contributed by atoms with E-state index in [1.165, 1.54) is 25.4 Å². The molecule has 5 rings (SSSR count). The molecule has 0 bridgehead atoms. The average Bonchev–Trinajstić information content (AvgIpc) is 2.87. The van der Waals surface area contributed by atoms with Crippen LogP contribution in [0.1, 0.15) is 32.6 Å². The van der Waals surface area contributed by atoms with Crippen molar-refractivity contribution in [3.8, 4) is 22.9 Å². The van der Waals surface area contributed by atoms with Crippen LogP contribution in [0.4, 0.5) is 29.2 Å². The van der Waals surface area contributed by atoms with Gasteiger partial charge in [-0.1, -0.05) is 6.42 Å². The van der Waals surface area contributed by atoms with E-state index in [1.54, 1.807) is 12.1 Å². The number of benzene rings is 1. The van der Waals surface area contributed by atoms with Gasteiger partial charge in [0, 0.05) is 44.0 Å². The van der Waals surface area contributed by atoms with Gasteiger partial charge in [-0.3, -0.25) is 4.72 Å². The molecule has 214 valence electrons. The van der Waals surface area contributed by atoms with Gasteiger partial charge in [-0.15, -0.1) is 0 Å². The minimum atomic E-state index is -4.09. The Kier molecular flexibility index (Phi) is 7.82. The van der Waals surface area contributed by atoms with Gasteiger partial charge >= 0.3 is 0 Å². The first-order chi connectivity index (χ1) is 19.0. The summed E-state index contributed by atoms with van der Waals surface area (Å²) < 4.78 is 91.0. The highest BCUT2D eigenvalue weighted by molar-refractivity contribution is 7.92. The lowest BCUT2D eigenvalue weighted by Crippen LogP contribution is -2.50. The van der Waals surface area contributed by atoms with Crippen LogP contribution in [0.3, 0.4) is 0 Å². The van der Waals surface area contributed by atoms with Gasteiger partial charge in [0.1, 0.15) is 11.4 Å². The van der Waals surface area contributed by atoms with Crippen molar-refractivity contribution in [3.63, 3.8) is 0 Å². The Morgan fingerprint density at radius 1 is 1.15 bits per heavy atom. The first kappa shape index (κ1) is 28.0. The summed E-state index contributed by atoms with van der Waals surface area (Å²) in [6.45, 7) is 2.26. The third-order valence-corrected chi connectivity index (χ3v) is 8.29. The van der Waals surface area contributed by atoms with Crippen molar-refractivity contribution in [1.82, 2.24) is 20.3 Å². The van der Waals surface area contributed by atoms with Crippen molar-refractivity contribution in [1.29, 1.82) is 0 Å². The van der Waals surface area contributed by atoms with Gasteiger partial charge in [0.2, 0.25) is 27.7 Å². The molecule has 9 nitrogen and oxygen atoms in total. The molecule has 3 heterocycles. The smallest absolute Gasteiger partial charge is 0.233 e. The van der Waals surface area contributed by atoms with Gasteiger partial charge in [-0.25, -0.2) is 36.5 Å². The number of rotatable bonds is 9. The quantitative estimate of drug-likeness (QED) is 0.244. The fourth-order valence-electron chi connectivity index (χ4n) is 4.71. The first-order valence-electron chi connectivity index (χ1n) is 12.8. The maximum atomic E-state index is 15.0. The van der Waals surface area contributed by atoms with E-state index >= 15 is 0 Å². The largest absolute Gasteiger partial charge is 0.435 e. The lowest BCUT2D eigenvalue weighted by molar-refractivity contribution is 0.137. The Balaban J connectivity index is 1.37. The first-order valence-corrected chi connectivity index (χ1v) is 14.5. The van der Waals surface area contributed by atoms with E-state index in [-0.39, 0.29) is 48.1 Å². The standard InChI is InChI=1S/C26H28F4N6O3S/c1-26(30)11-16(12-31-14-26)34-25-33-9-7-19(35-25)17-6-3-8-32-24(17)39-20-10-18(27)23(22(29)21(20)28)36-40(37,38)13-15-4-2-5-15/h3,6-10,15-16,31,36H,2,4-5,11-14H2,1H3,(H,33,34,35)/t16-,26-/m0/s1. The van der Waals surface area contributed by atoms with E-state index < -0.39 is 44.6 Å². The Morgan fingerprint density at radius 3 is 2.67 bits per heavy atom. The van der Waals surface area contributed by atoms with Gasteiger partial charge in [0.15, 0.2) is 17.4 Å². The molecule has 1 saturated heterocycles. The molecular weight excluding hydrogens is 552 g/mol. The minimum absolute atomic E-state index is 0.0978. The van der Waals surface area contributed by atoms with E-state index in [4.69, 9.17) is 4.74 Å². The van der Waals surface area contributed by atoms with Crippen molar-refractivity contribution >= 4 is 21.7 Å². The number of halogens is 4. The average molecular weight is 581 g/mol. The number of ether oxygens (including phenoxy) is 1. The molecule has 14 heteroatoms. The van der Waals surface area contributed by atoms with E-state index in [0.717, 1.165) is 6.42 Å². The fraction of sp³-hybridized carbons (Fsp3) is 0.423. The molecule has 3 aromatic rings. The van der Waals surface area contributed by atoms with Crippen LogP contribution in [0.5, 0.6) is 11.6 Å². The molecule has 1 saturated carbocycles. The SMILES string of the molecule is C[C@@]1(F)CNC[C@@H](Nc2nccc(-c3cccnc3Oc3cc(F)c(NS(=O)(=O)CC4CCC4)c(F)c3F)n2)C1. The van der Waals surface area contributed by atoms with Crippen LogP contribution in [-0.4, -0.2) is 53.9 Å². The summed E-state index contributed by atoms with van der Waals surface area (Å²) in [5.41, 5.74) is -1.94. The van der Waals surface area contributed by atoms with Crippen molar-refractivity contribution < 1.29 is 30.7 Å². The normalized spacial score (nSPS) is 21.5. The summed E-state index contributed by atoms with van der Waals surface area (Å²) in [7, 11) is -4.09. The summed E-state index contributed by atoms with van der Waals surface area (Å²) in [5.74, 6) is -5.92. The summed E-state index contributed by atoms with van der Waals surface area (Å²) >= 11 is 0. The van der Waals surface area contributed by atoms with E-state index in [9.17, 15) is 26.0 Å². The number of hydrogen-bond donors (Lipinski definition) is 3. The maximum absolute atomic E-state index is 15.0. The number of pyridine rings is 1. The number of alkyl halides is 1. The summed E-state index contributed by atoms with van der Waals surface area (Å²) in [4.78, 5) is 12.7. The molecule has 0 spiro atoms. The Bertz CT molecular complexity index is 1500. The molecule has 2 aliphatic rings. The second-order valence-corrected chi connectivity index (χ2v) is 12.1. The monoisotopic (exact) mass is 580 g/mol. The van der Waals surface area contributed by atoms with Crippen molar-refractivity contribution in [2.45, 2.75) is 44.3 Å². The molecule has 1 aliphatic carbocycles. The summed E-state index contributed by atoms with van der Waals surface area (Å²) in [6, 6.07) is 4.94. The highest BCUT2D eigenvalue weighted by Crippen LogP contribution is 2.36. The molecule has 2 atom stereocenters. The molecule has 1 aromatic carbocycles. The third-order valence-electron chi connectivity index (χ3n) is 6.86. The van der Waals surface area contributed by atoms with Crippen LogP contribution < -0.4 is 20.1 Å². The minimum Gasteiger partial charge on any atom is -0.435 e. The van der Waals surface area contributed by atoms with Crippen molar-refractivity contribution in [3.05, 3.63) is 54.1 Å². The molecule has 0 unspecified atom stereocenters. The molecule has 0 amide bonds. The van der Waals surface area contributed by atoms with Crippen molar-refractivity contribution in [2.24, 2.45) is 5.92 Å². The molecule has 2 aromatic heterocycles. The number of nitrogens with one attached hydrogen (secondary N) is 3. The lowest BCUT2D eigenvalue weighted by atomic mass is 9.87. The third kappa shape index (κ3) is 6.44. The highest BCUT2D eigenvalue weighted by atomic mass is 32.2. The number of piperidine rings is 1. The second-order valence-electron chi connectivity index (χ2n) is 10.4. The van der Waals surface area contributed by atoms with Gasteiger partial charge in [-0.05, 0) is 43.9 Å².